The Balaban J connectivity index is 1.70. The van der Waals surface area contributed by atoms with Crippen LogP contribution in [0.15, 0.2) is 30.6 Å². The zero-order valence-corrected chi connectivity index (χ0v) is 13.8. The van der Waals surface area contributed by atoms with Gasteiger partial charge in [-0.2, -0.15) is 22.0 Å². The summed E-state index contributed by atoms with van der Waals surface area (Å²) < 4.78 is 65.2. The summed E-state index contributed by atoms with van der Waals surface area (Å²) >= 11 is 0. The molecule has 10 heteroatoms. The first-order valence-electron chi connectivity index (χ1n) is 7.89. The van der Waals surface area contributed by atoms with Crippen LogP contribution in [0.4, 0.5) is 33.6 Å². The van der Waals surface area contributed by atoms with Gasteiger partial charge in [-0.1, -0.05) is 0 Å². The van der Waals surface area contributed by atoms with Gasteiger partial charge < -0.3 is 9.80 Å². The van der Waals surface area contributed by atoms with E-state index in [-0.39, 0.29) is 5.82 Å². The van der Waals surface area contributed by atoms with Gasteiger partial charge in [-0.3, -0.25) is 0 Å². The van der Waals surface area contributed by atoms with Crippen molar-refractivity contribution in [2.24, 2.45) is 0 Å². The van der Waals surface area contributed by atoms with Gasteiger partial charge in [-0.05, 0) is 18.2 Å². The summed E-state index contributed by atoms with van der Waals surface area (Å²) in [6, 6.07) is 3.47. The first-order chi connectivity index (χ1) is 12.1. The summed E-state index contributed by atoms with van der Waals surface area (Å²) in [5.41, 5.74) is -0.754. The Kier molecular flexibility index (Phi) is 4.68. The highest BCUT2D eigenvalue weighted by Crippen LogP contribution is 2.31. The van der Waals surface area contributed by atoms with Gasteiger partial charge in [-0.25, -0.2) is 15.0 Å². The number of alkyl halides is 5. The van der Waals surface area contributed by atoms with Gasteiger partial charge in [0.25, 0.3) is 0 Å². The Morgan fingerprint density at radius 3 is 2.00 bits per heavy atom. The molecule has 0 atom stereocenters. The largest absolute Gasteiger partial charge is 0.416 e. The summed E-state index contributed by atoms with van der Waals surface area (Å²) in [4.78, 5) is 15.0. The molecule has 1 aliphatic rings. The number of pyridine rings is 1. The fourth-order valence-corrected chi connectivity index (χ4v) is 2.67. The first kappa shape index (κ1) is 18.3. The van der Waals surface area contributed by atoms with Crippen LogP contribution in [0, 0.1) is 0 Å². The summed E-state index contributed by atoms with van der Waals surface area (Å²) in [6.07, 6.45) is -2.03. The van der Waals surface area contributed by atoms with Gasteiger partial charge in [-0.15, -0.1) is 0 Å². The maximum atomic E-state index is 13.4. The minimum absolute atomic E-state index is 0.239. The fourth-order valence-electron chi connectivity index (χ4n) is 2.67. The zero-order valence-electron chi connectivity index (χ0n) is 13.8. The van der Waals surface area contributed by atoms with E-state index in [1.807, 2.05) is 0 Å². The molecule has 0 N–H and O–H groups in total. The lowest BCUT2D eigenvalue weighted by atomic mass is 10.2. The molecule has 0 aromatic carbocycles. The molecule has 1 aliphatic heterocycles. The summed E-state index contributed by atoms with van der Waals surface area (Å²) in [7, 11) is 0. The van der Waals surface area contributed by atoms with Crippen LogP contribution < -0.4 is 9.80 Å². The van der Waals surface area contributed by atoms with E-state index in [2.05, 4.69) is 15.0 Å². The molecule has 3 heterocycles. The van der Waals surface area contributed by atoms with Crippen LogP contribution >= 0.6 is 0 Å². The molecule has 140 valence electrons. The number of hydrogen-bond donors (Lipinski definition) is 0. The highest BCUT2D eigenvalue weighted by atomic mass is 19.4. The Hall–Kier alpha value is -2.52. The molecule has 3 rings (SSSR count). The minimum Gasteiger partial charge on any atom is -0.353 e. The van der Waals surface area contributed by atoms with E-state index in [9.17, 15) is 22.0 Å². The lowest BCUT2D eigenvalue weighted by Crippen LogP contribution is -2.47. The third-order valence-electron chi connectivity index (χ3n) is 4.03. The van der Waals surface area contributed by atoms with Crippen molar-refractivity contribution in [3.8, 4) is 0 Å². The Bertz CT molecular complexity index is 701. The summed E-state index contributed by atoms with van der Waals surface area (Å²) in [6.45, 7) is 2.36. The lowest BCUT2D eigenvalue weighted by Gasteiger charge is -2.36. The van der Waals surface area contributed by atoms with E-state index in [0.29, 0.717) is 32.0 Å². The van der Waals surface area contributed by atoms with Gasteiger partial charge in [0.2, 0.25) is 0 Å². The Morgan fingerprint density at radius 1 is 0.846 bits per heavy atom. The third kappa shape index (κ3) is 4.00. The van der Waals surface area contributed by atoms with Crippen LogP contribution in [0.3, 0.4) is 0 Å². The smallest absolute Gasteiger partial charge is 0.353 e. The minimum atomic E-state index is -4.43. The lowest BCUT2D eigenvalue weighted by molar-refractivity contribution is -0.137. The first-order valence-corrected chi connectivity index (χ1v) is 7.89. The molecule has 1 fully saturated rings. The molecule has 0 unspecified atom stereocenters. The van der Waals surface area contributed by atoms with Gasteiger partial charge in [0.05, 0.1) is 5.56 Å². The number of rotatable bonds is 3. The average Bonchev–Trinajstić information content (AvgIpc) is 2.61. The van der Waals surface area contributed by atoms with E-state index in [1.54, 1.807) is 9.80 Å². The number of halogens is 5. The van der Waals surface area contributed by atoms with Crippen LogP contribution in [-0.4, -0.2) is 41.1 Å². The molecule has 0 radical (unpaired) electrons. The van der Waals surface area contributed by atoms with Gasteiger partial charge >= 0.3 is 12.1 Å². The van der Waals surface area contributed by atoms with E-state index < -0.39 is 23.5 Å². The van der Waals surface area contributed by atoms with Crippen molar-refractivity contribution in [1.29, 1.82) is 0 Å². The second kappa shape index (κ2) is 6.65. The van der Waals surface area contributed by atoms with Gasteiger partial charge in [0.1, 0.15) is 11.6 Å². The van der Waals surface area contributed by atoms with Crippen LogP contribution in [0.1, 0.15) is 18.3 Å². The molecule has 26 heavy (non-hydrogen) atoms. The van der Waals surface area contributed by atoms with Crippen LogP contribution in [0.5, 0.6) is 0 Å². The highest BCUT2D eigenvalue weighted by molar-refractivity contribution is 5.46. The predicted octanol–water partition coefficient (Wildman–Crippen LogP) is 3.33. The summed E-state index contributed by atoms with van der Waals surface area (Å²) in [5, 5.41) is 0. The van der Waals surface area contributed by atoms with Crippen molar-refractivity contribution in [2.45, 2.75) is 19.0 Å². The molecule has 2 aromatic heterocycles. The average molecular weight is 373 g/mol. The maximum Gasteiger partial charge on any atom is 0.416 e. The van der Waals surface area contributed by atoms with Crippen LogP contribution in [0.2, 0.25) is 0 Å². The Labute approximate surface area is 146 Å². The van der Waals surface area contributed by atoms with Crippen molar-refractivity contribution in [3.63, 3.8) is 0 Å². The van der Waals surface area contributed by atoms with Crippen LogP contribution in [0.25, 0.3) is 0 Å². The molecule has 0 saturated carbocycles. The normalized spacial score (nSPS) is 16.1. The molecule has 0 bridgehead atoms. The number of hydrogen-bond acceptors (Lipinski definition) is 5. The van der Waals surface area contributed by atoms with E-state index >= 15 is 0 Å². The molecular weight excluding hydrogens is 357 g/mol. The Morgan fingerprint density at radius 2 is 1.42 bits per heavy atom. The van der Waals surface area contributed by atoms with Gasteiger partial charge in [0, 0.05) is 45.5 Å². The molecular formula is C16H16F5N5. The van der Waals surface area contributed by atoms with E-state index in [4.69, 9.17) is 0 Å². The zero-order chi connectivity index (χ0) is 18.9. The molecule has 0 amide bonds. The molecule has 2 aromatic rings. The van der Waals surface area contributed by atoms with Crippen molar-refractivity contribution >= 4 is 11.6 Å². The molecule has 0 spiro atoms. The van der Waals surface area contributed by atoms with Crippen molar-refractivity contribution in [3.05, 3.63) is 42.0 Å². The van der Waals surface area contributed by atoms with Crippen LogP contribution in [-0.2, 0) is 12.1 Å². The fraction of sp³-hybridized carbons (Fsp3) is 0.438. The highest BCUT2D eigenvalue weighted by Gasteiger charge is 2.32. The monoisotopic (exact) mass is 373 g/mol. The number of nitrogens with zero attached hydrogens (tertiary/aromatic N) is 5. The van der Waals surface area contributed by atoms with E-state index in [1.165, 1.54) is 12.3 Å². The van der Waals surface area contributed by atoms with Crippen molar-refractivity contribution < 1.29 is 22.0 Å². The second-order valence-electron chi connectivity index (χ2n) is 6.00. The number of anilines is 2. The second-order valence-corrected chi connectivity index (χ2v) is 6.00. The number of piperazine rings is 1. The summed E-state index contributed by atoms with van der Waals surface area (Å²) in [5.74, 6) is -3.09. The number of aromatic nitrogens is 3. The maximum absolute atomic E-state index is 13.4. The van der Waals surface area contributed by atoms with Crippen molar-refractivity contribution in [2.75, 3.05) is 36.0 Å². The quantitative estimate of drug-likeness (QED) is 0.773. The topological polar surface area (TPSA) is 45.2 Å². The predicted molar refractivity (Wildman–Crippen MR) is 85.3 cm³/mol. The van der Waals surface area contributed by atoms with Crippen molar-refractivity contribution in [1.82, 2.24) is 15.0 Å². The SMILES string of the molecule is CC(F)(F)c1nccc(N2CCN(c3cc(C(F)(F)F)ccn3)CC2)n1. The third-order valence-corrected chi connectivity index (χ3v) is 4.03. The van der Waals surface area contributed by atoms with E-state index in [0.717, 1.165) is 25.3 Å². The molecule has 1 saturated heterocycles. The molecule has 0 aliphatic carbocycles. The molecule has 5 nitrogen and oxygen atoms in total. The standard InChI is InChI=1S/C16H16F5N5/c1-15(17,18)14-23-5-3-12(24-14)25-6-8-26(9-7-25)13-10-11(2-4-22-13)16(19,20)21/h2-5,10H,6-9H2,1H3. The van der Waals surface area contributed by atoms with Gasteiger partial charge in [0.15, 0.2) is 5.82 Å².